The Hall–Kier alpha value is -1.94. The van der Waals surface area contributed by atoms with Crippen molar-refractivity contribution >= 4 is 23.1 Å². The normalized spacial score (nSPS) is 11.8. The topological polar surface area (TPSA) is 43.4 Å². The summed E-state index contributed by atoms with van der Waals surface area (Å²) in [5.41, 5.74) is 0.545. The first-order valence-corrected chi connectivity index (χ1v) is 6.40. The van der Waals surface area contributed by atoms with E-state index in [1.165, 1.54) is 11.3 Å². The summed E-state index contributed by atoms with van der Waals surface area (Å²) in [5, 5.41) is 1.79. The summed E-state index contributed by atoms with van der Waals surface area (Å²) in [5.74, 6) is -0.651. The van der Waals surface area contributed by atoms with Gasteiger partial charge in [0.05, 0.1) is 0 Å². The van der Waals surface area contributed by atoms with E-state index in [1.807, 2.05) is 6.07 Å². The molecule has 0 aliphatic rings. The number of esters is 1. The Kier molecular flexibility index (Phi) is 3.89. The summed E-state index contributed by atoms with van der Waals surface area (Å²) in [7, 11) is 0. The molecule has 1 aromatic heterocycles. The van der Waals surface area contributed by atoms with Crippen molar-refractivity contribution in [2.45, 2.75) is 13.0 Å². The minimum Gasteiger partial charge on any atom is -0.450 e. The molecule has 92 valence electrons. The van der Waals surface area contributed by atoms with E-state index in [4.69, 9.17) is 4.74 Å². The number of ether oxygens (including phenoxy) is 1. The number of thiophene rings is 1. The largest absolute Gasteiger partial charge is 0.450 e. The highest BCUT2D eigenvalue weighted by molar-refractivity contribution is 7.11. The molecule has 0 saturated carbocycles. The Labute approximate surface area is 109 Å². The van der Waals surface area contributed by atoms with Crippen molar-refractivity contribution in [3.8, 4) is 0 Å². The lowest BCUT2D eigenvalue weighted by Gasteiger charge is -2.11. The van der Waals surface area contributed by atoms with Crippen LogP contribution in [-0.2, 0) is 4.74 Å². The Balaban J connectivity index is 2.02. The first kappa shape index (κ1) is 12.5. The fourth-order valence-electron chi connectivity index (χ4n) is 1.50. The number of hydrogen-bond acceptors (Lipinski definition) is 4. The molecule has 0 saturated heterocycles. The fourth-order valence-corrected chi connectivity index (χ4v) is 2.11. The molecule has 4 heteroatoms. The molecular weight excluding hydrogens is 248 g/mol. The van der Waals surface area contributed by atoms with E-state index in [0.29, 0.717) is 10.4 Å². The summed E-state index contributed by atoms with van der Waals surface area (Å²) in [6.07, 6.45) is -0.776. The Morgan fingerprint density at radius 1 is 1.11 bits per heavy atom. The second kappa shape index (κ2) is 5.60. The maximum Gasteiger partial charge on any atom is 0.349 e. The zero-order valence-corrected chi connectivity index (χ0v) is 10.6. The van der Waals surface area contributed by atoms with Gasteiger partial charge < -0.3 is 4.74 Å². The maximum atomic E-state index is 12.0. The maximum absolute atomic E-state index is 12.0. The van der Waals surface area contributed by atoms with Crippen LogP contribution in [0.2, 0.25) is 0 Å². The van der Waals surface area contributed by atoms with Gasteiger partial charge in [-0.2, -0.15) is 0 Å². The third-order valence-corrected chi connectivity index (χ3v) is 3.28. The van der Waals surface area contributed by atoms with Gasteiger partial charge in [0.1, 0.15) is 4.88 Å². The summed E-state index contributed by atoms with van der Waals surface area (Å²) in [6, 6.07) is 12.2. The molecule has 1 unspecified atom stereocenters. The van der Waals surface area contributed by atoms with Crippen LogP contribution < -0.4 is 0 Å². The molecule has 0 bridgehead atoms. The highest BCUT2D eigenvalue weighted by Gasteiger charge is 2.20. The van der Waals surface area contributed by atoms with Crippen LogP contribution in [0.4, 0.5) is 0 Å². The van der Waals surface area contributed by atoms with E-state index in [9.17, 15) is 9.59 Å². The van der Waals surface area contributed by atoms with Gasteiger partial charge in [-0.05, 0) is 18.4 Å². The van der Waals surface area contributed by atoms with Crippen LogP contribution in [0.15, 0.2) is 47.8 Å². The van der Waals surface area contributed by atoms with Crippen molar-refractivity contribution in [2.75, 3.05) is 0 Å². The minimum atomic E-state index is -0.776. The first-order valence-electron chi connectivity index (χ1n) is 5.52. The zero-order valence-electron chi connectivity index (χ0n) is 9.83. The first-order chi connectivity index (χ1) is 8.68. The van der Waals surface area contributed by atoms with Crippen LogP contribution in [0, 0.1) is 0 Å². The SMILES string of the molecule is CC(OC(=O)c1cccs1)C(=O)c1ccccc1. The monoisotopic (exact) mass is 260 g/mol. The van der Waals surface area contributed by atoms with E-state index in [-0.39, 0.29) is 5.78 Å². The van der Waals surface area contributed by atoms with Crippen LogP contribution in [0.3, 0.4) is 0 Å². The third-order valence-electron chi connectivity index (χ3n) is 2.43. The summed E-state index contributed by atoms with van der Waals surface area (Å²) >= 11 is 1.29. The van der Waals surface area contributed by atoms with Crippen LogP contribution in [0.5, 0.6) is 0 Å². The van der Waals surface area contributed by atoms with Gasteiger partial charge in [0, 0.05) is 5.56 Å². The lowest BCUT2D eigenvalue weighted by atomic mass is 10.1. The van der Waals surface area contributed by atoms with Crippen molar-refractivity contribution in [3.05, 3.63) is 58.3 Å². The zero-order chi connectivity index (χ0) is 13.0. The smallest absolute Gasteiger partial charge is 0.349 e. The molecule has 0 aliphatic carbocycles. The van der Waals surface area contributed by atoms with Gasteiger partial charge in [0.15, 0.2) is 6.10 Å². The van der Waals surface area contributed by atoms with Crippen LogP contribution >= 0.6 is 11.3 Å². The second-order valence-corrected chi connectivity index (χ2v) is 4.70. The highest BCUT2D eigenvalue weighted by Crippen LogP contribution is 2.13. The molecule has 1 atom stereocenters. The number of carbonyl (C=O) groups excluding carboxylic acids is 2. The average molecular weight is 260 g/mol. The fraction of sp³-hybridized carbons (Fsp3) is 0.143. The Bertz CT molecular complexity index is 531. The molecular formula is C14H12O3S. The van der Waals surface area contributed by atoms with Gasteiger partial charge >= 0.3 is 5.97 Å². The second-order valence-electron chi connectivity index (χ2n) is 3.76. The van der Waals surface area contributed by atoms with Crippen LogP contribution in [-0.4, -0.2) is 17.9 Å². The van der Waals surface area contributed by atoms with Gasteiger partial charge in [-0.3, -0.25) is 4.79 Å². The van der Waals surface area contributed by atoms with Crippen molar-refractivity contribution in [1.29, 1.82) is 0 Å². The van der Waals surface area contributed by atoms with E-state index < -0.39 is 12.1 Å². The molecule has 0 radical (unpaired) electrons. The standard InChI is InChI=1S/C14H12O3S/c1-10(13(15)11-6-3-2-4-7-11)17-14(16)12-8-5-9-18-12/h2-10H,1H3. The quantitative estimate of drug-likeness (QED) is 0.626. The molecule has 1 aromatic carbocycles. The number of ketones is 1. The Morgan fingerprint density at radius 3 is 2.44 bits per heavy atom. The molecule has 0 spiro atoms. The number of Topliss-reactive ketones (excluding diaryl/α,β-unsaturated/α-hetero) is 1. The lowest BCUT2D eigenvalue weighted by Crippen LogP contribution is -2.24. The van der Waals surface area contributed by atoms with Gasteiger partial charge in [0.25, 0.3) is 0 Å². The van der Waals surface area contributed by atoms with E-state index in [0.717, 1.165) is 0 Å². The summed E-state index contributed by atoms with van der Waals surface area (Å²) < 4.78 is 5.13. The van der Waals surface area contributed by atoms with Crippen molar-refractivity contribution in [2.24, 2.45) is 0 Å². The number of rotatable bonds is 4. The Morgan fingerprint density at radius 2 is 1.83 bits per heavy atom. The number of carbonyl (C=O) groups is 2. The van der Waals surface area contributed by atoms with Gasteiger partial charge in [-0.25, -0.2) is 4.79 Å². The molecule has 3 nitrogen and oxygen atoms in total. The molecule has 2 rings (SSSR count). The van der Waals surface area contributed by atoms with Crippen molar-refractivity contribution in [1.82, 2.24) is 0 Å². The van der Waals surface area contributed by atoms with Gasteiger partial charge in [0.2, 0.25) is 5.78 Å². The highest BCUT2D eigenvalue weighted by atomic mass is 32.1. The van der Waals surface area contributed by atoms with E-state index in [2.05, 4.69) is 0 Å². The molecule has 0 aliphatic heterocycles. The summed E-state index contributed by atoms with van der Waals surface area (Å²) in [4.78, 5) is 24.2. The predicted octanol–water partition coefficient (Wildman–Crippen LogP) is 3.18. The average Bonchev–Trinajstić information content (AvgIpc) is 2.92. The predicted molar refractivity (Wildman–Crippen MR) is 70.0 cm³/mol. The summed E-state index contributed by atoms with van der Waals surface area (Å²) in [6.45, 7) is 1.58. The molecule has 0 N–H and O–H groups in total. The van der Waals surface area contributed by atoms with Crippen molar-refractivity contribution in [3.63, 3.8) is 0 Å². The number of hydrogen-bond donors (Lipinski definition) is 0. The molecule has 2 aromatic rings. The van der Waals surface area contributed by atoms with Crippen molar-refractivity contribution < 1.29 is 14.3 Å². The lowest BCUT2D eigenvalue weighted by molar-refractivity contribution is 0.0323. The number of benzene rings is 1. The van der Waals surface area contributed by atoms with Gasteiger partial charge in [-0.1, -0.05) is 36.4 Å². The molecule has 1 heterocycles. The molecule has 0 amide bonds. The molecule has 18 heavy (non-hydrogen) atoms. The van der Waals surface area contributed by atoms with Crippen LogP contribution in [0.1, 0.15) is 27.0 Å². The molecule has 0 fully saturated rings. The van der Waals surface area contributed by atoms with E-state index in [1.54, 1.807) is 48.7 Å². The van der Waals surface area contributed by atoms with E-state index >= 15 is 0 Å². The van der Waals surface area contributed by atoms with Crippen LogP contribution in [0.25, 0.3) is 0 Å². The minimum absolute atomic E-state index is 0.194. The van der Waals surface area contributed by atoms with Gasteiger partial charge in [-0.15, -0.1) is 11.3 Å². The third kappa shape index (κ3) is 2.84.